The molecule has 178 valence electrons. The fourth-order valence-electron chi connectivity index (χ4n) is 2.78. The van der Waals surface area contributed by atoms with E-state index in [1.807, 2.05) is 0 Å². The van der Waals surface area contributed by atoms with Crippen LogP contribution in [0.25, 0.3) is 11.2 Å². The van der Waals surface area contributed by atoms with E-state index in [9.17, 15) is 19.2 Å². The molecule has 0 atom stereocenters. The van der Waals surface area contributed by atoms with E-state index in [0.717, 1.165) is 4.57 Å². The fraction of sp³-hybridized carbons (Fsp3) is 0.136. The van der Waals surface area contributed by atoms with Crippen LogP contribution in [0.1, 0.15) is 20.7 Å². The van der Waals surface area contributed by atoms with Crippen molar-refractivity contribution in [2.75, 3.05) is 0 Å². The zero-order valence-corrected chi connectivity index (χ0v) is 20.2. The predicted octanol–water partition coefficient (Wildman–Crippen LogP) is 2.32. The number of thiol groups is 2. The highest BCUT2D eigenvalue weighted by molar-refractivity contribution is 7.80. The van der Waals surface area contributed by atoms with Crippen molar-refractivity contribution in [3.63, 3.8) is 0 Å². The molecule has 2 heterocycles. The molecule has 0 aliphatic heterocycles. The van der Waals surface area contributed by atoms with Crippen LogP contribution in [-0.4, -0.2) is 40.8 Å². The highest BCUT2D eigenvalue weighted by Gasteiger charge is 2.11. The van der Waals surface area contributed by atoms with Crippen molar-refractivity contribution in [2.45, 2.75) is 9.79 Å². The Bertz CT molecular complexity index is 1420. The number of imidazole rings is 1. The van der Waals surface area contributed by atoms with E-state index in [-0.39, 0.29) is 22.4 Å². The summed E-state index contributed by atoms with van der Waals surface area (Å²) in [5, 5.41) is 17.0. The molecular formula is C22H22N4O6S2. The maximum atomic E-state index is 11.7. The topological polar surface area (TPSA) is 136 Å². The Kier molecular flexibility index (Phi) is 8.87. The van der Waals surface area contributed by atoms with Crippen molar-refractivity contribution in [1.82, 2.24) is 18.7 Å². The van der Waals surface area contributed by atoms with Gasteiger partial charge in [-0.1, -0.05) is 24.3 Å². The van der Waals surface area contributed by atoms with Gasteiger partial charge in [0.1, 0.15) is 0 Å². The first-order valence-electron chi connectivity index (χ1n) is 9.57. The smallest absolute Gasteiger partial charge is 0.336 e. The number of benzene rings is 2. The Morgan fingerprint density at radius 2 is 1.24 bits per heavy atom. The normalized spacial score (nSPS) is 10.0. The molecule has 0 saturated carbocycles. The van der Waals surface area contributed by atoms with Gasteiger partial charge >= 0.3 is 17.6 Å². The Labute approximate surface area is 204 Å². The number of rotatable bonds is 2. The molecule has 2 N–H and O–H groups in total. The second-order valence-corrected chi connectivity index (χ2v) is 7.84. The summed E-state index contributed by atoms with van der Waals surface area (Å²) < 4.78 is 4.04. The number of nitrogens with zero attached hydrogens (tertiary/aromatic N) is 4. The molecule has 0 unspecified atom stereocenters. The van der Waals surface area contributed by atoms with Gasteiger partial charge in [-0.05, 0) is 24.3 Å². The molecule has 0 amide bonds. The lowest BCUT2D eigenvalue weighted by atomic mass is 10.2. The van der Waals surface area contributed by atoms with Crippen molar-refractivity contribution in [3.05, 3.63) is 86.8 Å². The predicted molar refractivity (Wildman–Crippen MR) is 133 cm³/mol. The zero-order chi connectivity index (χ0) is 25.6. The van der Waals surface area contributed by atoms with E-state index in [4.69, 9.17) is 10.2 Å². The van der Waals surface area contributed by atoms with Crippen LogP contribution in [0, 0.1) is 0 Å². The van der Waals surface area contributed by atoms with Gasteiger partial charge in [0.05, 0.1) is 17.5 Å². The molecule has 34 heavy (non-hydrogen) atoms. The maximum absolute atomic E-state index is 11.7. The summed E-state index contributed by atoms with van der Waals surface area (Å²) in [6, 6.07) is 13.2. The molecule has 0 radical (unpaired) electrons. The van der Waals surface area contributed by atoms with Gasteiger partial charge in [0.15, 0.2) is 11.2 Å². The van der Waals surface area contributed by atoms with E-state index < -0.39 is 11.9 Å². The first kappa shape index (κ1) is 26.5. The highest BCUT2D eigenvalue weighted by atomic mass is 32.1. The lowest BCUT2D eigenvalue weighted by Gasteiger charge is -2.02. The largest absolute Gasteiger partial charge is 0.478 e. The molecule has 2 aromatic carbocycles. The fourth-order valence-corrected chi connectivity index (χ4v) is 3.29. The minimum atomic E-state index is -0.939. The zero-order valence-electron chi connectivity index (χ0n) is 18.4. The summed E-state index contributed by atoms with van der Waals surface area (Å²) in [6.45, 7) is 0. The number of aromatic carboxylic acids is 2. The van der Waals surface area contributed by atoms with Gasteiger partial charge in [-0.15, -0.1) is 25.3 Å². The minimum Gasteiger partial charge on any atom is -0.478 e. The summed E-state index contributed by atoms with van der Waals surface area (Å²) in [5.41, 5.74) is 0.663. The number of carboxylic acids is 2. The van der Waals surface area contributed by atoms with Crippen LogP contribution < -0.4 is 11.2 Å². The molecule has 0 aliphatic carbocycles. The Balaban J connectivity index is 0.000000185. The van der Waals surface area contributed by atoms with Crippen LogP contribution in [-0.2, 0) is 21.1 Å². The standard InChI is InChI=1S/C8H10N4O2.2C7H6O2S/c1-10-4-9-6-5(10)7(13)12(3)8(14)11(6)2;2*8-7(9)5-3-1-2-4-6(5)10/h4H,1-3H3;2*1-4,10H,(H,8,9). The van der Waals surface area contributed by atoms with Crippen molar-refractivity contribution in [3.8, 4) is 0 Å². The quantitative estimate of drug-likeness (QED) is 0.309. The number of hydrogen-bond donors (Lipinski definition) is 4. The highest BCUT2D eigenvalue weighted by Crippen LogP contribution is 2.12. The summed E-state index contributed by atoms with van der Waals surface area (Å²) in [5.74, 6) is -1.88. The van der Waals surface area contributed by atoms with Gasteiger partial charge in [0, 0.05) is 30.9 Å². The summed E-state index contributed by atoms with van der Waals surface area (Å²) >= 11 is 7.91. The Morgan fingerprint density at radius 3 is 1.62 bits per heavy atom. The lowest BCUT2D eigenvalue weighted by molar-refractivity contribution is 0.0682. The van der Waals surface area contributed by atoms with E-state index in [1.54, 1.807) is 55.1 Å². The summed E-state index contributed by atoms with van der Waals surface area (Å²) in [7, 11) is 4.77. The first-order chi connectivity index (χ1) is 16.0. The molecule has 0 aliphatic rings. The molecule has 4 rings (SSSR count). The molecule has 10 nitrogen and oxygen atoms in total. The average Bonchev–Trinajstić information content (AvgIpc) is 3.19. The Hall–Kier alpha value is -3.77. The minimum absolute atomic E-state index is 0.242. The van der Waals surface area contributed by atoms with E-state index in [0.29, 0.717) is 21.0 Å². The number of carboxylic acid groups (broad SMARTS) is 2. The molecule has 0 spiro atoms. The molecule has 4 aromatic rings. The van der Waals surface area contributed by atoms with Crippen molar-refractivity contribution in [2.24, 2.45) is 21.1 Å². The summed E-state index contributed by atoms with van der Waals surface area (Å²) in [6.07, 6.45) is 1.52. The average molecular weight is 503 g/mol. The van der Waals surface area contributed by atoms with E-state index >= 15 is 0 Å². The molecule has 0 saturated heterocycles. The van der Waals surface area contributed by atoms with Gasteiger partial charge in [0.25, 0.3) is 5.56 Å². The van der Waals surface area contributed by atoms with Crippen molar-refractivity contribution >= 4 is 48.4 Å². The molecule has 2 aromatic heterocycles. The third kappa shape index (κ3) is 5.97. The molecular weight excluding hydrogens is 480 g/mol. The van der Waals surface area contributed by atoms with Gasteiger partial charge < -0.3 is 14.8 Å². The van der Waals surface area contributed by atoms with Gasteiger partial charge in [-0.3, -0.25) is 13.9 Å². The number of aromatic nitrogens is 4. The first-order valence-corrected chi connectivity index (χ1v) is 10.5. The van der Waals surface area contributed by atoms with Gasteiger partial charge in [-0.2, -0.15) is 0 Å². The third-order valence-corrected chi connectivity index (χ3v) is 5.37. The number of aryl methyl sites for hydroxylation is 2. The second-order valence-electron chi connectivity index (χ2n) is 6.88. The summed E-state index contributed by atoms with van der Waals surface area (Å²) in [4.78, 5) is 48.9. The number of fused-ring (bicyclic) bond motifs is 1. The SMILES string of the molecule is Cn1c(=O)c2c(ncn2C)n(C)c1=O.O=C(O)c1ccccc1S.O=C(O)c1ccccc1S. The maximum Gasteiger partial charge on any atom is 0.336 e. The van der Waals surface area contributed by atoms with Crippen LogP contribution in [0.15, 0.2) is 74.2 Å². The lowest BCUT2D eigenvalue weighted by Crippen LogP contribution is -2.37. The van der Waals surface area contributed by atoms with Crippen LogP contribution in [0.2, 0.25) is 0 Å². The van der Waals surface area contributed by atoms with E-state index in [2.05, 4.69) is 30.2 Å². The molecule has 0 fully saturated rings. The van der Waals surface area contributed by atoms with Gasteiger partial charge in [-0.25, -0.2) is 19.4 Å². The Morgan fingerprint density at radius 1 is 0.794 bits per heavy atom. The van der Waals surface area contributed by atoms with Crippen LogP contribution in [0.5, 0.6) is 0 Å². The number of carbonyl (C=O) groups is 2. The monoisotopic (exact) mass is 502 g/mol. The van der Waals surface area contributed by atoms with Crippen molar-refractivity contribution < 1.29 is 19.8 Å². The second kappa shape index (κ2) is 11.4. The van der Waals surface area contributed by atoms with Crippen molar-refractivity contribution in [1.29, 1.82) is 0 Å². The van der Waals surface area contributed by atoms with Crippen LogP contribution in [0.4, 0.5) is 0 Å². The van der Waals surface area contributed by atoms with E-state index in [1.165, 1.54) is 30.1 Å². The van der Waals surface area contributed by atoms with Crippen LogP contribution >= 0.6 is 25.3 Å². The molecule has 0 bridgehead atoms. The van der Waals surface area contributed by atoms with Gasteiger partial charge in [0.2, 0.25) is 0 Å². The molecule has 12 heteroatoms. The number of hydrogen-bond acceptors (Lipinski definition) is 7. The third-order valence-electron chi connectivity index (χ3n) is 4.59. The van der Waals surface area contributed by atoms with Crippen LogP contribution in [0.3, 0.4) is 0 Å².